The molecule has 2 fully saturated rings. The van der Waals surface area contributed by atoms with Crippen LogP contribution in [-0.4, -0.2) is 68.8 Å². The molecule has 0 aromatic heterocycles. The van der Waals surface area contributed by atoms with Crippen LogP contribution in [0.15, 0.2) is 0 Å². The predicted molar refractivity (Wildman–Crippen MR) is 86.3 cm³/mol. The van der Waals surface area contributed by atoms with E-state index in [9.17, 15) is 14.4 Å². The van der Waals surface area contributed by atoms with Crippen LogP contribution in [0, 0.1) is 5.41 Å². The van der Waals surface area contributed by atoms with Crippen molar-refractivity contribution in [2.45, 2.75) is 38.6 Å². The van der Waals surface area contributed by atoms with Gasteiger partial charge >= 0.3 is 6.09 Å². The Morgan fingerprint density at radius 3 is 2.38 bits per heavy atom. The van der Waals surface area contributed by atoms with Crippen molar-refractivity contribution in [3.05, 3.63) is 0 Å². The van der Waals surface area contributed by atoms with Gasteiger partial charge in [-0.2, -0.15) is 0 Å². The molecular weight excluding hydrogens is 314 g/mol. The van der Waals surface area contributed by atoms with E-state index in [1.165, 1.54) is 0 Å². The molecule has 8 heteroatoms. The van der Waals surface area contributed by atoms with E-state index in [2.05, 4.69) is 10.6 Å². The Morgan fingerprint density at radius 1 is 1.17 bits per heavy atom. The lowest BCUT2D eigenvalue weighted by molar-refractivity contribution is -0.137. The molecule has 0 aromatic rings. The van der Waals surface area contributed by atoms with Gasteiger partial charge in [-0.05, 0) is 32.6 Å². The number of rotatable bonds is 7. The summed E-state index contributed by atoms with van der Waals surface area (Å²) in [6.07, 6.45) is 2.20. The van der Waals surface area contributed by atoms with Gasteiger partial charge in [-0.15, -0.1) is 0 Å². The van der Waals surface area contributed by atoms with E-state index in [1.807, 2.05) is 0 Å². The van der Waals surface area contributed by atoms with Crippen LogP contribution in [0.1, 0.15) is 32.6 Å². The maximum atomic E-state index is 12.5. The smallest absolute Gasteiger partial charge is 0.409 e. The SMILES string of the molecule is CCOC(=O)N1CCC(NC(=O)C2(C(=O)NCCOC)CC2)CC1. The molecular formula is C16H27N3O5. The quantitative estimate of drug-likeness (QED) is 0.512. The van der Waals surface area contributed by atoms with Crippen molar-refractivity contribution in [3.8, 4) is 0 Å². The summed E-state index contributed by atoms with van der Waals surface area (Å²) in [5.74, 6) is -0.423. The summed E-state index contributed by atoms with van der Waals surface area (Å²) < 4.78 is 9.87. The van der Waals surface area contributed by atoms with E-state index in [-0.39, 0.29) is 23.9 Å². The number of hydrogen-bond donors (Lipinski definition) is 2. The van der Waals surface area contributed by atoms with Crippen LogP contribution in [0.3, 0.4) is 0 Å². The molecule has 3 amide bonds. The van der Waals surface area contributed by atoms with Crippen molar-refractivity contribution < 1.29 is 23.9 Å². The lowest BCUT2D eigenvalue weighted by atomic mass is 10.0. The molecule has 1 saturated carbocycles. The van der Waals surface area contributed by atoms with Crippen LogP contribution in [0.5, 0.6) is 0 Å². The molecule has 0 bridgehead atoms. The average molecular weight is 341 g/mol. The number of nitrogens with zero attached hydrogens (tertiary/aromatic N) is 1. The zero-order valence-electron chi connectivity index (χ0n) is 14.4. The third-order valence-corrected chi connectivity index (χ3v) is 4.57. The van der Waals surface area contributed by atoms with Crippen LogP contribution >= 0.6 is 0 Å². The molecule has 24 heavy (non-hydrogen) atoms. The maximum absolute atomic E-state index is 12.5. The summed E-state index contributed by atoms with van der Waals surface area (Å²) in [5, 5.41) is 5.72. The van der Waals surface area contributed by atoms with E-state index in [0.717, 1.165) is 0 Å². The van der Waals surface area contributed by atoms with E-state index in [4.69, 9.17) is 9.47 Å². The fourth-order valence-electron chi connectivity index (χ4n) is 2.86. The Balaban J connectivity index is 1.77. The molecule has 0 unspecified atom stereocenters. The Bertz CT molecular complexity index is 470. The van der Waals surface area contributed by atoms with Gasteiger partial charge in [0.2, 0.25) is 11.8 Å². The number of nitrogens with one attached hydrogen (secondary N) is 2. The summed E-state index contributed by atoms with van der Waals surface area (Å²) in [5.41, 5.74) is -0.911. The number of likely N-dealkylation sites (tertiary alicyclic amines) is 1. The number of hydrogen-bond acceptors (Lipinski definition) is 5. The highest BCUT2D eigenvalue weighted by Crippen LogP contribution is 2.46. The lowest BCUT2D eigenvalue weighted by Crippen LogP contribution is -2.51. The normalized spacial score (nSPS) is 19.5. The summed E-state index contributed by atoms with van der Waals surface area (Å²) in [4.78, 5) is 38.0. The van der Waals surface area contributed by atoms with E-state index in [1.54, 1.807) is 18.9 Å². The molecule has 2 N–H and O–H groups in total. The van der Waals surface area contributed by atoms with Crippen molar-refractivity contribution in [1.29, 1.82) is 0 Å². The topological polar surface area (TPSA) is 97.0 Å². The van der Waals surface area contributed by atoms with Crippen LogP contribution in [0.4, 0.5) is 4.79 Å². The van der Waals surface area contributed by atoms with Gasteiger partial charge in [0.05, 0.1) is 13.2 Å². The summed E-state index contributed by atoms with van der Waals surface area (Å²) >= 11 is 0. The number of methoxy groups -OCH3 is 1. The third-order valence-electron chi connectivity index (χ3n) is 4.57. The fraction of sp³-hybridized carbons (Fsp3) is 0.812. The monoisotopic (exact) mass is 341 g/mol. The Kier molecular flexibility index (Phi) is 6.42. The van der Waals surface area contributed by atoms with E-state index >= 15 is 0 Å². The minimum absolute atomic E-state index is 0.00701. The Morgan fingerprint density at radius 2 is 1.83 bits per heavy atom. The third kappa shape index (κ3) is 4.37. The van der Waals surface area contributed by atoms with Gasteiger partial charge in [-0.25, -0.2) is 4.79 Å². The molecule has 1 heterocycles. The van der Waals surface area contributed by atoms with Crippen molar-refractivity contribution in [3.63, 3.8) is 0 Å². The number of carbonyl (C=O) groups excluding carboxylic acids is 3. The highest BCUT2D eigenvalue weighted by atomic mass is 16.6. The first-order valence-electron chi connectivity index (χ1n) is 8.53. The minimum atomic E-state index is -0.911. The second kappa shape index (κ2) is 8.32. The van der Waals surface area contributed by atoms with Gasteiger partial charge < -0.3 is 25.0 Å². The van der Waals surface area contributed by atoms with Crippen LogP contribution in [-0.2, 0) is 19.1 Å². The maximum Gasteiger partial charge on any atom is 0.409 e. The van der Waals surface area contributed by atoms with Crippen LogP contribution in [0.2, 0.25) is 0 Å². The molecule has 8 nitrogen and oxygen atoms in total. The molecule has 136 valence electrons. The molecule has 0 spiro atoms. The van der Waals surface area contributed by atoms with Gasteiger partial charge in [-0.1, -0.05) is 0 Å². The van der Waals surface area contributed by atoms with Crippen molar-refractivity contribution in [2.24, 2.45) is 5.41 Å². The molecule has 1 aliphatic heterocycles. The molecule has 2 rings (SSSR count). The van der Waals surface area contributed by atoms with Crippen LogP contribution in [0.25, 0.3) is 0 Å². The molecule has 0 atom stereocenters. The van der Waals surface area contributed by atoms with E-state index < -0.39 is 5.41 Å². The van der Waals surface area contributed by atoms with E-state index in [0.29, 0.717) is 58.5 Å². The first-order valence-corrected chi connectivity index (χ1v) is 8.53. The second-order valence-electron chi connectivity index (χ2n) is 6.26. The van der Waals surface area contributed by atoms with Gasteiger partial charge in [0.25, 0.3) is 0 Å². The standard InChI is InChI=1S/C16H27N3O5/c1-3-24-15(22)19-9-4-12(5-10-19)18-14(21)16(6-7-16)13(20)17-8-11-23-2/h12H,3-11H2,1-2H3,(H,17,20)(H,18,21). The lowest BCUT2D eigenvalue weighted by Gasteiger charge is -2.32. The predicted octanol–water partition coefficient (Wildman–Crippen LogP) is 0.266. The molecule has 2 aliphatic rings. The van der Waals surface area contributed by atoms with Crippen molar-refractivity contribution in [2.75, 3.05) is 40.0 Å². The highest BCUT2D eigenvalue weighted by Gasteiger charge is 2.56. The zero-order valence-corrected chi connectivity index (χ0v) is 14.4. The number of amides is 3. The summed E-state index contributed by atoms with van der Waals surface area (Å²) in [6.45, 7) is 4.07. The van der Waals surface area contributed by atoms with Gasteiger partial charge in [0, 0.05) is 32.8 Å². The fourth-order valence-corrected chi connectivity index (χ4v) is 2.86. The molecule has 0 aromatic carbocycles. The minimum Gasteiger partial charge on any atom is -0.450 e. The Labute approximate surface area is 142 Å². The second-order valence-corrected chi connectivity index (χ2v) is 6.26. The first-order chi connectivity index (χ1) is 11.5. The average Bonchev–Trinajstić information content (AvgIpc) is 3.38. The van der Waals surface area contributed by atoms with Crippen molar-refractivity contribution in [1.82, 2.24) is 15.5 Å². The largest absolute Gasteiger partial charge is 0.450 e. The molecule has 1 saturated heterocycles. The van der Waals surface area contributed by atoms with Crippen LogP contribution < -0.4 is 10.6 Å². The highest BCUT2D eigenvalue weighted by molar-refractivity contribution is 6.07. The Hall–Kier alpha value is -1.83. The van der Waals surface area contributed by atoms with Gasteiger partial charge in [0.1, 0.15) is 5.41 Å². The molecule has 0 radical (unpaired) electrons. The van der Waals surface area contributed by atoms with Gasteiger partial charge in [0.15, 0.2) is 0 Å². The summed E-state index contributed by atoms with van der Waals surface area (Å²) in [7, 11) is 1.56. The number of ether oxygens (including phenoxy) is 2. The number of carbonyl (C=O) groups is 3. The number of piperidine rings is 1. The molecule has 1 aliphatic carbocycles. The summed E-state index contributed by atoms with van der Waals surface area (Å²) in [6, 6.07) is -0.00701. The van der Waals surface area contributed by atoms with Crippen molar-refractivity contribution >= 4 is 17.9 Å². The van der Waals surface area contributed by atoms with Gasteiger partial charge in [-0.3, -0.25) is 9.59 Å². The zero-order chi connectivity index (χ0) is 17.6. The first kappa shape index (κ1) is 18.5.